The highest BCUT2D eigenvalue weighted by Gasteiger charge is 2.33. The molecule has 150 valence electrons. The van der Waals surface area contributed by atoms with E-state index in [9.17, 15) is 9.59 Å². The molecule has 0 unspecified atom stereocenters. The van der Waals surface area contributed by atoms with E-state index in [0.717, 1.165) is 15.4 Å². The molecule has 0 saturated carbocycles. The van der Waals surface area contributed by atoms with Crippen molar-refractivity contribution >= 4 is 57.5 Å². The average molecular weight is 453 g/mol. The van der Waals surface area contributed by atoms with Gasteiger partial charge in [-0.15, -0.1) is 11.3 Å². The molecule has 1 aliphatic heterocycles. The fraction of sp³-hybridized carbons (Fsp3) is 0.0455. The monoisotopic (exact) mass is 452 g/mol. The second-order valence-electron chi connectivity index (χ2n) is 6.27. The van der Waals surface area contributed by atoms with E-state index in [-0.39, 0.29) is 5.91 Å². The fourth-order valence-electron chi connectivity index (χ4n) is 2.68. The average Bonchev–Trinajstić information content (AvgIpc) is 3.37. The van der Waals surface area contributed by atoms with Crippen molar-refractivity contribution in [3.63, 3.8) is 0 Å². The zero-order chi connectivity index (χ0) is 20.9. The van der Waals surface area contributed by atoms with Crippen molar-refractivity contribution in [2.75, 3.05) is 0 Å². The number of ether oxygens (including phenoxy) is 1. The second-order valence-corrected chi connectivity index (χ2v) is 8.93. The number of benzene rings is 2. The minimum atomic E-state index is -0.418. The van der Waals surface area contributed by atoms with Gasteiger partial charge in [0.1, 0.15) is 12.4 Å². The number of carbonyl (C=O) groups excluding carboxylic acids is 2. The van der Waals surface area contributed by atoms with Crippen molar-refractivity contribution in [2.45, 2.75) is 6.61 Å². The van der Waals surface area contributed by atoms with Crippen molar-refractivity contribution in [1.29, 1.82) is 0 Å². The minimum Gasteiger partial charge on any atom is -0.489 e. The number of hydrogen-bond donors (Lipinski definition) is 1. The maximum atomic E-state index is 12.6. The van der Waals surface area contributed by atoms with E-state index in [1.165, 1.54) is 23.1 Å². The summed E-state index contributed by atoms with van der Waals surface area (Å²) >= 11 is 7.95. The molecule has 4 rings (SSSR count). The Hall–Kier alpha value is -2.94. The molecular weight excluding hydrogens is 436 g/mol. The van der Waals surface area contributed by atoms with Crippen LogP contribution in [0.25, 0.3) is 6.08 Å². The van der Waals surface area contributed by atoms with Gasteiger partial charge in [0.2, 0.25) is 0 Å². The molecule has 2 amide bonds. The Kier molecular flexibility index (Phi) is 6.27. The van der Waals surface area contributed by atoms with E-state index in [4.69, 9.17) is 17.0 Å². The first-order valence-electron chi connectivity index (χ1n) is 8.99. The third-order valence-corrected chi connectivity index (χ3v) is 6.31. The highest BCUT2D eigenvalue weighted by Crippen LogP contribution is 2.32. The number of thioether (sulfide) groups is 1. The predicted molar refractivity (Wildman–Crippen MR) is 124 cm³/mol. The molecule has 2 heterocycles. The van der Waals surface area contributed by atoms with Gasteiger partial charge < -0.3 is 4.74 Å². The zero-order valence-corrected chi connectivity index (χ0v) is 18.1. The molecule has 0 atom stereocenters. The molecule has 0 aliphatic carbocycles. The summed E-state index contributed by atoms with van der Waals surface area (Å²) in [5.74, 6) is -0.104. The number of thiocarbonyl (C=S) groups is 1. The predicted octanol–water partition coefficient (Wildman–Crippen LogP) is 4.87. The van der Waals surface area contributed by atoms with Gasteiger partial charge in [-0.1, -0.05) is 48.2 Å². The molecule has 30 heavy (non-hydrogen) atoms. The molecule has 2 aromatic carbocycles. The molecule has 1 aromatic heterocycles. The third-order valence-electron chi connectivity index (χ3n) is 4.19. The van der Waals surface area contributed by atoms with Crippen LogP contribution in [0.2, 0.25) is 0 Å². The molecule has 1 aliphatic rings. The Morgan fingerprint density at radius 1 is 1.07 bits per heavy atom. The summed E-state index contributed by atoms with van der Waals surface area (Å²) < 4.78 is 6.02. The molecule has 0 spiro atoms. The topological polar surface area (TPSA) is 58.6 Å². The first-order chi connectivity index (χ1) is 14.6. The molecule has 5 nitrogen and oxygen atoms in total. The van der Waals surface area contributed by atoms with Crippen molar-refractivity contribution in [3.8, 4) is 5.75 Å². The number of carbonyl (C=O) groups is 2. The van der Waals surface area contributed by atoms with E-state index in [1.54, 1.807) is 30.3 Å². The number of rotatable bonds is 6. The smallest absolute Gasteiger partial charge is 0.285 e. The van der Waals surface area contributed by atoms with Gasteiger partial charge in [0.25, 0.3) is 11.8 Å². The summed E-state index contributed by atoms with van der Waals surface area (Å²) in [5.41, 5.74) is 4.05. The second kappa shape index (κ2) is 9.25. The number of amides is 2. The van der Waals surface area contributed by atoms with Crippen molar-refractivity contribution in [1.82, 2.24) is 10.4 Å². The number of nitrogens with zero attached hydrogens (tertiary/aromatic N) is 1. The van der Waals surface area contributed by atoms with Crippen LogP contribution in [0.4, 0.5) is 0 Å². The lowest BCUT2D eigenvalue weighted by molar-refractivity contribution is -0.123. The quantitative estimate of drug-likeness (QED) is 0.427. The first kappa shape index (κ1) is 20.3. The SMILES string of the molecule is O=C(NN1C(=O)C(=Cc2cccs2)SC1=S)c1ccc(OCc2ccccc2)cc1. The van der Waals surface area contributed by atoms with Crippen molar-refractivity contribution in [3.05, 3.63) is 93.0 Å². The van der Waals surface area contributed by atoms with Crippen LogP contribution < -0.4 is 10.2 Å². The van der Waals surface area contributed by atoms with Crippen LogP contribution in [0.1, 0.15) is 20.8 Å². The van der Waals surface area contributed by atoms with Gasteiger partial charge in [-0.3, -0.25) is 15.0 Å². The van der Waals surface area contributed by atoms with Crippen LogP contribution in [-0.4, -0.2) is 21.1 Å². The summed E-state index contributed by atoms with van der Waals surface area (Å²) in [6.07, 6.45) is 1.77. The van der Waals surface area contributed by atoms with E-state index in [2.05, 4.69) is 5.43 Å². The van der Waals surface area contributed by atoms with Gasteiger partial charge in [0.05, 0.1) is 4.91 Å². The number of nitrogens with one attached hydrogen (secondary N) is 1. The van der Waals surface area contributed by atoms with Gasteiger partial charge in [-0.05, 0) is 59.6 Å². The van der Waals surface area contributed by atoms with Crippen LogP contribution in [0.5, 0.6) is 5.75 Å². The Balaban J connectivity index is 1.37. The molecule has 0 radical (unpaired) electrons. The highest BCUT2D eigenvalue weighted by molar-refractivity contribution is 8.26. The summed E-state index contributed by atoms with van der Waals surface area (Å²) in [6, 6.07) is 20.4. The van der Waals surface area contributed by atoms with Gasteiger partial charge in [0.15, 0.2) is 4.32 Å². The van der Waals surface area contributed by atoms with E-state index >= 15 is 0 Å². The lowest BCUT2D eigenvalue weighted by atomic mass is 10.2. The molecule has 1 N–H and O–H groups in total. The van der Waals surface area contributed by atoms with Crippen molar-refractivity contribution < 1.29 is 14.3 Å². The maximum absolute atomic E-state index is 12.6. The van der Waals surface area contributed by atoms with Crippen LogP contribution in [-0.2, 0) is 11.4 Å². The summed E-state index contributed by atoms with van der Waals surface area (Å²) in [7, 11) is 0. The first-order valence-corrected chi connectivity index (χ1v) is 11.1. The van der Waals surface area contributed by atoms with Crippen LogP contribution in [0.15, 0.2) is 77.0 Å². The molecule has 3 aromatic rings. The highest BCUT2D eigenvalue weighted by atomic mass is 32.2. The normalized spacial score (nSPS) is 14.9. The molecule has 1 saturated heterocycles. The van der Waals surface area contributed by atoms with Gasteiger partial charge in [-0.2, -0.15) is 5.01 Å². The van der Waals surface area contributed by atoms with Gasteiger partial charge >= 0.3 is 0 Å². The van der Waals surface area contributed by atoms with Crippen molar-refractivity contribution in [2.24, 2.45) is 0 Å². The number of thiophene rings is 1. The van der Waals surface area contributed by atoms with Crippen LogP contribution >= 0.6 is 35.3 Å². The van der Waals surface area contributed by atoms with E-state index in [0.29, 0.717) is 27.1 Å². The largest absolute Gasteiger partial charge is 0.489 e. The Morgan fingerprint density at radius 3 is 2.53 bits per heavy atom. The Bertz CT molecular complexity index is 1090. The lowest BCUT2D eigenvalue weighted by Crippen LogP contribution is -2.44. The van der Waals surface area contributed by atoms with E-state index in [1.807, 2.05) is 47.8 Å². The standard InChI is InChI=1S/C22H16N2O3S3/c25-20(16-8-10-17(11-9-16)27-14-15-5-2-1-3-6-15)23-24-21(26)19(30-22(24)28)13-18-7-4-12-29-18/h1-13H,14H2,(H,23,25). The molecular formula is C22H16N2O3S3. The number of hydrogen-bond acceptors (Lipinski definition) is 6. The minimum absolute atomic E-state index is 0.291. The summed E-state index contributed by atoms with van der Waals surface area (Å²) in [6.45, 7) is 0.444. The Morgan fingerprint density at radius 2 is 1.83 bits per heavy atom. The number of hydrazine groups is 1. The van der Waals surface area contributed by atoms with Crippen LogP contribution in [0, 0.1) is 0 Å². The van der Waals surface area contributed by atoms with Gasteiger partial charge in [-0.25, -0.2) is 0 Å². The zero-order valence-electron chi connectivity index (χ0n) is 15.6. The Labute approximate surface area is 187 Å². The van der Waals surface area contributed by atoms with E-state index < -0.39 is 5.91 Å². The summed E-state index contributed by atoms with van der Waals surface area (Å²) in [4.78, 5) is 26.6. The molecule has 1 fully saturated rings. The fourth-order valence-corrected chi connectivity index (χ4v) is 4.58. The molecule has 0 bridgehead atoms. The van der Waals surface area contributed by atoms with Crippen LogP contribution in [0.3, 0.4) is 0 Å². The lowest BCUT2D eigenvalue weighted by Gasteiger charge is -2.15. The molecule has 8 heteroatoms. The third kappa shape index (κ3) is 4.79. The summed E-state index contributed by atoms with van der Waals surface area (Å²) in [5, 5.41) is 3.04. The van der Waals surface area contributed by atoms with Gasteiger partial charge in [0, 0.05) is 10.4 Å². The maximum Gasteiger partial charge on any atom is 0.285 e.